The summed E-state index contributed by atoms with van der Waals surface area (Å²) in [4.78, 5) is 4.88. The molecule has 0 aliphatic rings. The van der Waals surface area contributed by atoms with Gasteiger partial charge in [-0.3, -0.25) is 4.98 Å². The van der Waals surface area contributed by atoms with E-state index in [4.69, 9.17) is 4.98 Å². The number of hydrogen-bond acceptors (Lipinski definition) is 1. The first-order valence-electron chi connectivity index (χ1n) is 11.0. The normalized spacial score (nSPS) is 12.4. The van der Waals surface area contributed by atoms with Crippen LogP contribution in [-0.2, 0) is 0 Å². The van der Waals surface area contributed by atoms with Gasteiger partial charge < -0.3 is 0 Å². The van der Waals surface area contributed by atoms with Gasteiger partial charge in [0.25, 0.3) is 0 Å². The minimum absolute atomic E-state index is 1.21. The van der Waals surface area contributed by atoms with Crippen molar-refractivity contribution in [2.45, 2.75) is 84.7 Å². The molecule has 2 rings (SSSR count). The van der Waals surface area contributed by atoms with Gasteiger partial charge >= 0.3 is 0 Å². The van der Waals surface area contributed by atoms with Crippen LogP contribution in [-0.4, -0.2) is 21.1 Å². The van der Waals surface area contributed by atoms with Crippen LogP contribution in [0.2, 0.25) is 36.3 Å². The summed E-state index contributed by atoms with van der Waals surface area (Å²) in [6, 6.07) is 19.5. The first-order chi connectivity index (χ1) is 13.0. The van der Waals surface area contributed by atoms with E-state index in [1.807, 2.05) is 12.3 Å². The summed E-state index contributed by atoms with van der Waals surface area (Å²) in [7, 11) is -3.04. The van der Waals surface area contributed by atoms with Gasteiger partial charge in [-0.25, -0.2) is 0 Å². The Hall–Kier alpha value is -1.20. The fraction of sp³-hybridized carbons (Fsp3) is 0.542. The standard InChI is InChI=1S/C24H39NSi2/c1-8-26(9-2,10-3)22-18-20(7)19-23(27(11-4,12-5)13-6)24(22)21-16-14-15-17-25-21/h14-19H,8-13H2,1-7H3. The predicted molar refractivity (Wildman–Crippen MR) is 128 cm³/mol. The highest BCUT2D eigenvalue weighted by Gasteiger charge is 2.38. The van der Waals surface area contributed by atoms with Gasteiger partial charge in [0, 0.05) is 6.20 Å². The van der Waals surface area contributed by atoms with E-state index in [0.717, 1.165) is 0 Å². The number of rotatable bonds is 9. The lowest BCUT2D eigenvalue weighted by molar-refractivity contribution is 1.18. The van der Waals surface area contributed by atoms with Gasteiger partial charge in [0.1, 0.15) is 0 Å². The van der Waals surface area contributed by atoms with Crippen LogP contribution in [0.4, 0.5) is 0 Å². The number of benzene rings is 1. The van der Waals surface area contributed by atoms with Crippen LogP contribution in [0.5, 0.6) is 0 Å². The lowest BCUT2D eigenvalue weighted by Crippen LogP contribution is -2.54. The summed E-state index contributed by atoms with van der Waals surface area (Å²) < 4.78 is 0. The maximum atomic E-state index is 4.88. The van der Waals surface area contributed by atoms with Gasteiger partial charge in [-0.2, -0.15) is 0 Å². The monoisotopic (exact) mass is 397 g/mol. The average molecular weight is 398 g/mol. The van der Waals surface area contributed by atoms with Gasteiger partial charge in [-0.1, -0.05) is 102 Å². The van der Waals surface area contributed by atoms with Crippen molar-refractivity contribution in [3.63, 3.8) is 0 Å². The molecule has 0 N–H and O–H groups in total. The number of aryl methyl sites for hydroxylation is 1. The highest BCUT2D eigenvalue weighted by Crippen LogP contribution is 2.30. The van der Waals surface area contributed by atoms with E-state index in [-0.39, 0.29) is 0 Å². The Morgan fingerprint density at radius 2 is 1.15 bits per heavy atom. The molecule has 148 valence electrons. The molecular formula is C24H39NSi2. The molecule has 27 heavy (non-hydrogen) atoms. The van der Waals surface area contributed by atoms with Crippen molar-refractivity contribution >= 4 is 26.5 Å². The van der Waals surface area contributed by atoms with Crippen LogP contribution >= 0.6 is 0 Å². The molecule has 0 bridgehead atoms. The minimum Gasteiger partial charge on any atom is -0.256 e. The zero-order valence-electron chi connectivity index (χ0n) is 18.7. The fourth-order valence-electron chi connectivity index (χ4n) is 5.05. The predicted octanol–water partition coefficient (Wildman–Crippen LogP) is 6.49. The van der Waals surface area contributed by atoms with Crippen molar-refractivity contribution in [1.82, 2.24) is 4.98 Å². The van der Waals surface area contributed by atoms with E-state index in [1.54, 1.807) is 10.4 Å². The molecular weight excluding hydrogens is 358 g/mol. The first-order valence-corrected chi connectivity index (χ1v) is 16.3. The van der Waals surface area contributed by atoms with E-state index < -0.39 is 16.1 Å². The smallest absolute Gasteiger partial charge is 0.0868 e. The molecule has 0 aliphatic carbocycles. The molecule has 1 aromatic carbocycles. The third-order valence-corrected chi connectivity index (χ3v) is 18.6. The van der Waals surface area contributed by atoms with Crippen LogP contribution < -0.4 is 10.4 Å². The quantitative estimate of drug-likeness (QED) is 0.441. The Kier molecular flexibility index (Phi) is 7.64. The van der Waals surface area contributed by atoms with Crippen molar-refractivity contribution in [3.8, 4) is 11.3 Å². The highest BCUT2D eigenvalue weighted by atomic mass is 28.3. The number of aromatic nitrogens is 1. The average Bonchev–Trinajstić information content (AvgIpc) is 2.72. The van der Waals surface area contributed by atoms with Crippen LogP contribution in [0.3, 0.4) is 0 Å². The molecule has 1 heterocycles. The van der Waals surface area contributed by atoms with E-state index in [1.165, 1.54) is 53.1 Å². The van der Waals surface area contributed by atoms with Crippen molar-refractivity contribution in [2.75, 3.05) is 0 Å². The second-order valence-corrected chi connectivity index (χ2v) is 18.6. The van der Waals surface area contributed by atoms with Crippen LogP contribution in [0, 0.1) is 6.92 Å². The molecule has 0 radical (unpaired) electrons. The molecule has 3 heteroatoms. The van der Waals surface area contributed by atoms with Crippen LogP contribution in [0.15, 0.2) is 36.5 Å². The summed E-state index contributed by atoms with van der Waals surface area (Å²) in [6.45, 7) is 16.9. The summed E-state index contributed by atoms with van der Waals surface area (Å²) in [6.07, 6.45) is 1.98. The Balaban J connectivity index is 2.98. The molecule has 0 saturated carbocycles. The van der Waals surface area contributed by atoms with Crippen molar-refractivity contribution in [3.05, 3.63) is 42.1 Å². The topological polar surface area (TPSA) is 12.9 Å². The summed E-state index contributed by atoms with van der Waals surface area (Å²) in [5.41, 5.74) is 4.21. The molecule has 1 aromatic heterocycles. The van der Waals surface area contributed by atoms with Gasteiger partial charge in [0.15, 0.2) is 0 Å². The fourth-order valence-corrected chi connectivity index (χ4v) is 13.1. The Morgan fingerprint density at radius 1 is 0.704 bits per heavy atom. The molecule has 0 atom stereocenters. The van der Waals surface area contributed by atoms with Crippen LogP contribution in [0.25, 0.3) is 11.3 Å². The molecule has 0 aliphatic heterocycles. The summed E-state index contributed by atoms with van der Waals surface area (Å²) >= 11 is 0. The number of nitrogens with zero attached hydrogens (tertiary/aromatic N) is 1. The van der Waals surface area contributed by atoms with Crippen molar-refractivity contribution in [2.24, 2.45) is 0 Å². The van der Waals surface area contributed by atoms with Crippen molar-refractivity contribution < 1.29 is 0 Å². The number of pyridine rings is 1. The largest absolute Gasteiger partial charge is 0.256 e. The SMILES string of the molecule is CC[Si](CC)(CC)c1cc(C)cc([Si](CC)(CC)CC)c1-c1ccccn1. The third kappa shape index (κ3) is 4.00. The van der Waals surface area contributed by atoms with E-state index in [2.05, 4.69) is 72.7 Å². The van der Waals surface area contributed by atoms with E-state index in [0.29, 0.717) is 0 Å². The van der Waals surface area contributed by atoms with Crippen LogP contribution in [0.1, 0.15) is 47.1 Å². The maximum Gasteiger partial charge on any atom is 0.0868 e. The van der Waals surface area contributed by atoms with Crippen molar-refractivity contribution in [1.29, 1.82) is 0 Å². The first kappa shape index (κ1) is 22.1. The van der Waals surface area contributed by atoms with Gasteiger partial charge in [0.05, 0.1) is 21.8 Å². The molecule has 0 fully saturated rings. The second-order valence-electron chi connectivity index (χ2n) is 8.13. The molecule has 2 aromatic rings. The Labute approximate surface area is 169 Å². The molecule has 0 saturated heterocycles. The second kappa shape index (κ2) is 9.33. The van der Waals surface area contributed by atoms with Gasteiger partial charge in [-0.05, 0) is 35.0 Å². The summed E-state index contributed by atoms with van der Waals surface area (Å²) in [5, 5.41) is 3.38. The molecule has 0 amide bonds. The lowest BCUT2D eigenvalue weighted by Gasteiger charge is -2.37. The Morgan fingerprint density at radius 3 is 1.48 bits per heavy atom. The molecule has 0 unspecified atom stereocenters. The van der Waals surface area contributed by atoms with Gasteiger partial charge in [0.2, 0.25) is 0 Å². The lowest BCUT2D eigenvalue weighted by atomic mass is 10.1. The maximum absolute atomic E-state index is 4.88. The zero-order chi connectivity index (χ0) is 20.1. The number of hydrogen-bond donors (Lipinski definition) is 0. The van der Waals surface area contributed by atoms with E-state index in [9.17, 15) is 0 Å². The third-order valence-electron chi connectivity index (χ3n) is 7.41. The minimum atomic E-state index is -1.52. The van der Waals surface area contributed by atoms with E-state index >= 15 is 0 Å². The molecule has 1 nitrogen and oxygen atoms in total. The van der Waals surface area contributed by atoms with Gasteiger partial charge in [-0.15, -0.1) is 0 Å². The molecule has 0 spiro atoms. The highest BCUT2D eigenvalue weighted by molar-refractivity contribution is 6.96. The Bertz CT molecular complexity index is 674. The summed E-state index contributed by atoms with van der Waals surface area (Å²) in [5.74, 6) is 0. The zero-order valence-corrected chi connectivity index (χ0v) is 20.7.